The van der Waals surface area contributed by atoms with E-state index in [0.29, 0.717) is 25.5 Å². The van der Waals surface area contributed by atoms with Crippen molar-refractivity contribution < 1.29 is 18.7 Å². The molecule has 0 unspecified atom stereocenters. The lowest BCUT2D eigenvalue weighted by Crippen LogP contribution is -2.63. The lowest BCUT2D eigenvalue weighted by molar-refractivity contribution is -0.164. The van der Waals surface area contributed by atoms with Crippen molar-refractivity contribution >= 4 is 5.97 Å². The van der Waals surface area contributed by atoms with Crippen LogP contribution in [-0.2, 0) is 16.1 Å². The molecule has 25 heavy (non-hydrogen) atoms. The molecule has 7 heteroatoms. The van der Waals surface area contributed by atoms with Crippen LogP contribution in [0.2, 0.25) is 0 Å². The molecular weight excluding hydrogens is 324 g/mol. The highest BCUT2D eigenvalue weighted by Gasteiger charge is 2.51. The van der Waals surface area contributed by atoms with Crippen molar-refractivity contribution in [3.05, 3.63) is 28.3 Å². The maximum Gasteiger partial charge on any atom is 0.314 e. The predicted molar refractivity (Wildman–Crippen MR) is 91.5 cm³/mol. The van der Waals surface area contributed by atoms with E-state index in [4.69, 9.17) is 13.9 Å². The van der Waals surface area contributed by atoms with Crippen molar-refractivity contribution in [2.75, 3.05) is 33.4 Å². The first kappa shape index (κ1) is 17.9. The number of hydrogen-bond donors (Lipinski definition) is 1. The number of likely N-dealkylation sites (tertiary alicyclic amines) is 1. The van der Waals surface area contributed by atoms with E-state index in [1.54, 1.807) is 0 Å². The van der Waals surface area contributed by atoms with Gasteiger partial charge in [0.1, 0.15) is 12.0 Å². The number of carbonyl (C=O) groups is 1. The first-order valence-corrected chi connectivity index (χ1v) is 8.87. The van der Waals surface area contributed by atoms with Gasteiger partial charge in [-0.2, -0.15) is 0 Å². The number of hydrogen-bond acceptors (Lipinski definition) is 7. The summed E-state index contributed by atoms with van der Waals surface area (Å²) in [5, 5.41) is 3.49. The molecule has 0 spiro atoms. The highest BCUT2D eigenvalue weighted by molar-refractivity contribution is 5.78. The molecule has 3 heterocycles. The maximum atomic E-state index is 12.7. The van der Waals surface area contributed by atoms with E-state index in [1.807, 2.05) is 6.92 Å². The molecule has 0 amide bonds. The minimum absolute atomic E-state index is 0.118. The summed E-state index contributed by atoms with van der Waals surface area (Å²) in [4.78, 5) is 26.8. The van der Waals surface area contributed by atoms with Gasteiger partial charge in [-0.3, -0.25) is 14.5 Å². The van der Waals surface area contributed by atoms with Crippen molar-refractivity contribution in [2.24, 2.45) is 5.41 Å². The molecule has 7 nitrogen and oxygen atoms in total. The standard InChI is InChI=1S/C18H26N2O5/c1-3-24-17(22)18-6-4-7-19-16(18)5-8-20(12-18)10-13-9-14(21)15(23-2)11-25-13/h9,11,16,19H,3-8,10,12H2,1-2H3/t16-,18+/m1/s1. The second-order valence-corrected chi connectivity index (χ2v) is 6.77. The molecule has 3 rings (SSSR count). The zero-order valence-electron chi connectivity index (χ0n) is 14.9. The molecule has 0 bridgehead atoms. The zero-order valence-corrected chi connectivity index (χ0v) is 14.9. The summed E-state index contributed by atoms with van der Waals surface area (Å²) in [6.07, 6.45) is 4.00. The number of methoxy groups -OCH3 is 1. The van der Waals surface area contributed by atoms with Crippen molar-refractivity contribution in [2.45, 2.75) is 38.8 Å². The lowest BCUT2D eigenvalue weighted by atomic mass is 9.70. The number of rotatable bonds is 5. The van der Waals surface area contributed by atoms with E-state index in [9.17, 15) is 9.59 Å². The lowest BCUT2D eigenvalue weighted by Gasteiger charge is -2.49. The maximum absolute atomic E-state index is 12.7. The van der Waals surface area contributed by atoms with E-state index in [0.717, 1.165) is 32.4 Å². The summed E-state index contributed by atoms with van der Waals surface area (Å²) < 4.78 is 15.9. The fourth-order valence-electron chi connectivity index (χ4n) is 4.02. The third-order valence-corrected chi connectivity index (χ3v) is 5.23. The Hall–Kier alpha value is -1.86. The second-order valence-electron chi connectivity index (χ2n) is 6.77. The fraction of sp³-hybridized carbons (Fsp3) is 0.667. The minimum Gasteiger partial charge on any atom is -0.490 e. The van der Waals surface area contributed by atoms with Gasteiger partial charge in [-0.1, -0.05) is 0 Å². The van der Waals surface area contributed by atoms with Crippen LogP contribution in [0.15, 0.2) is 21.5 Å². The Bertz CT molecular complexity index is 674. The molecule has 0 saturated carbocycles. The number of fused-ring (bicyclic) bond motifs is 1. The Morgan fingerprint density at radius 3 is 3.08 bits per heavy atom. The first-order chi connectivity index (χ1) is 12.1. The topological polar surface area (TPSA) is 81.0 Å². The van der Waals surface area contributed by atoms with Crippen molar-refractivity contribution in [1.29, 1.82) is 0 Å². The average molecular weight is 350 g/mol. The Kier molecular flexibility index (Phi) is 5.44. The van der Waals surface area contributed by atoms with Gasteiger partial charge in [0.05, 0.1) is 25.7 Å². The van der Waals surface area contributed by atoms with Gasteiger partial charge in [-0.25, -0.2) is 0 Å². The van der Waals surface area contributed by atoms with Crippen LogP contribution in [0.25, 0.3) is 0 Å². The Morgan fingerprint density at radius 2 is 2.36 bits per heavy atom. The van der Waals surface area contributed by atoms with E-state index in [-0.39, 0.29) is 23.2 Å². The Morgan fingerprint density at radius 1 is 1.52 bits per heavy atom. The Balaban J connectivity index is 1.76. The van der Waals surface area contributed by atoms with Crippen molar-refractivity contribution in [1.82, 2.24) is 10.2 Å². The van der Waals surface area contributed by atoms with Crippen LogP contribution in [0.5, 0.6) is 5.75 Å². The van der Waals surface area contributed by atoms with Crippen molar-refractivity contribution in [3.63, 3.8) is 0 Å². The zero-order chi connectivity index (χ0) is 17.9. The minimum atomic E-state index is -0.515. The molecule has 2 fully saturated rings. The van der Waals surface area contributed by atoms with Crippen molar-refractivity contribution in [3.8, 4) is 5.75 Å². The third-order valence-electron chi connectivity index (χ3n) is 5.23. The first-order valence-electron chi connectivity index (χ1n) is 8.87. The SMILES string of the molecule is CCOC(=O)[C@]12CCCN[C@@H]1CCN(Cc1cc(=O)c(OC)co1)C2. The summed E-state index contributed by atoms with van der Waals surface area (Å²) in [7, 11) is 1.44. The van der Waals surface area contributed by atoms with Gasteiger partial charge < -0.3 is 19.2 Å². The third kappa shape index (κ3) is 3.57. The molecule has 2 aliphatic heterocycles. The molecule has 1 N–H and O–H groups in total. The van der Waals surface area contributed by atoms with E-state index < -0.39 is 5.41 Å². The van der Waals surface area contributed by atoms with Crippen LogP contribution >= 0.6 is 0 Å². The van der Waals surface area contributed by atoms with E-state index in [2.05, 4.69) is 10.2 Å². The fourth-order valence-corrected chi connectivity index (χ4v) is 4.02. The number of esters is 1. The molecule has 0 radical (unpaired) electrons. The molecule has 2 atom stereocenters. The van der Waals surface area contributed by atoms with Gasteiger partial charge >= 0.3 is 5.97 Å². The number of ether oxygens (including phenoxy) is 2. The summed E-state index contributed by atoms with van der Waals surface area (Å²) in [6, 6.07) is 1.61. The van der Waals surface area contributed by atoms with E-state index in [1.165, 1.54) is 19.4 Å². The highest BCUT2D eigenvalue weighted by Crippen LogP contribution is 2.39. The molecule has 1 aromatic heterocycles. The molecule has 138 valence electrons. The normalized spacial score (nSPS) is 26.7. The largest absolute Gasteiger partial charge is 0.490 e. The smallest absolute Gasteiger partial charge is 0.314 e. The molecule has 0 aromatic carbocycles. The number of carbonyl (C=O) groups excluding carboxylic acids is 1. The van der Waals surface area contributed by atoms with Gasteiger partial charge in [-0.15, -0.1) is 0 Å². The van der Waals surface area contributed by atoms with Crippen LogP contribution in [0.4, 0.5) is 0 Å². The van der Waals surface area contributed by atoms with Crippen LogP contribution in [0, 0.1) is 5.41 Å². The molecule has 1 aromatic rings. The monoisotopic (exact) mass is 350 g/mol. The van der Waals surface area contributed by atoms with Crippen LogP contribution in [0.3, 0.4) is 0 Å². The van der Waals surface area contributed by atoms with Crippen LogP contribution < -0.4 is 15.5 Å². The number of nitrogens with one attached hydrogen (secondary N) is 1. The molecule has 0 aliphatic carbocycles. The van der Waals surface area contributed by atoms with Gasteiger partial charge in [0.25, 0.3) is 0 Å². The quantitative estimate of drug-likeness (QED) is 0.798. The second kappa shape index (κ2) is 7.58. The number of nitrogens with zero attached hydrogens (tertiary/aromatic N) is 1. The summed E-state index contributed by atoms with van der Waals surface area (Å²) in [6.45, 7) is 5.12. The number of piperidine rings is 2. The molecule has 2 aliphatic rings. The van der Waals surface area contributed by atoms with Gasteiger partial charge in [0.15, 0.2) is 0 Å². The van der Waals surface area contributed by atoms with E-state index >= 15 is 0 Å². The van der Waals surface area contributed by atoms with Gasteiger partial charge in [-0.05, 0) is 32.7 Å². The van der Waals surface area contributed by atoms with Crippen LogP contribution in [-0.4, -0.2) is 50.3 Å². The average Bonchev–Trinajstić information content (AvgIpc) is 2.62. The summed E-state index contributed by atoms with van der Waals surface area (Å²) in [5.74, 6) is 0.655. The van der Waals surface area contributed by atoms with Crippen LogP contribution in [0.1, 0.15) is 31.9 Å². The summed E-state index contributed by atoms with van der Waals surface area (Å²) in [5.41, 5.74) is -0.711. The highest BCUT2D eigenvalue weighted by atomic mass is 16.5. The van der Waals surface area contributed by atoms with Gasteiger partial charge in [0, 0.05) is 25.2 Å². The van der Waals surface area contributed by atoms with Gasteiger partial charge in [0.2, 0.25) is 11.2 Å². The molecule has 2 saturated heterocycles. The Labute approximate surface area is 147 Å². The molecular formula is C18H26N2O5. The predicted octanol–water partition coefficient (Wildman–Crippen LogP) is 1.16. The summed E-state index contributed by atoms with van der Waals surface area (Å²) >= 11 is 0.